The Hall–Kier alpha value is -1.91. The lowest BCUT2D eigenvalue weighted by Crippen LogP contribution is -2.64. The molecule has 1 fully saturated rings. The van der Waals surface area contributed by atoms with E-state index in [0.717, 1.165) is 0 Å². The van der Waals surface area contributed by atoms with Crippen molar-refractivity contribution < 1.29 is 14.4 Å². The molecule has 1 atom stereocenters. The van der Waals surface area contributed by atoms with Crippen LogP contribution in [0.3, 0.4) is 0 Å². The monoisotopic (exact) mass is 236 g/mol. The molecule has 0 spiro atoms. The van der Waals surface area contributed by atoms with Gasteiger partial charge in [-0.3, -0.25) is 20.2 Å². The molecule has 5 heteroatoms. The molecule has 0 unspecified atom stereocenters. The number of imide groups is 2. The van der Waals surface area contributed by atoms with E-state index in [0.29, 0.717) is 0 Å². The molecule has 0 saturated carbocycles. The van der Waals surface area contributed by atoms with Gasteiger partial charge in [0.2, 0.25) is 11.8 Å². The summed E-state index contributed by atoms with van der Waals surface area (Å²) in [7, 11) is 0. The molecule has 4 amide bonds. The standard InChI is InChI=1S/C12H16N2O3/c1-4-6-8(3)12(7-5-2)9(15)13-11(17)14-10(12)16/h4-6,8H,2,7H2,1,3H3,(H2,13,14,15,16,17)/b6-4+/t8-/m1/s1. The van der Waals surface area contributed by atoms with E-state index in [-0.39, 0.29) is 12.3 Å². The van der Waals surface area contributed by atoms with Crippen molar-refractivity contribution in [1.29, 1.82) is 0 Å². The second kappa shape index (κ2) is 4.95. The smallest absolute Gasteiger partial charge is 0.277 e. The Morgan fingerprint density at radius 2 is 1.82 bits per heavy atom. The SMILES string of the molecule is C=CCC1([C@H](C)/C=C/C)C(=O)NC(=O)NC1=O. The fourth-order valence-electron chi connectivity index (χ4n) is 2.03. The highest BCUT2D eigenvalue weighted by Crippen LogP contribution is 2.35. The van der Waals surface area contributed by atoms with Gasteiger partial charge in [-0.25, -0.2) is 4.79 Å². The summed E-state index contributed by atoms with van der Waals surface area (Å²) in [5, 5.41) is 4.27. The summed E-state index contributed by atoms with van der Waals surface area (Å²) in [6.07, 6.45) is 5.23. The highest BCUT2D eigenvalue weighted by molar-refractivity contribution is 6.19. The van der Waals surface area contributed by atoms with Crippen molar-refractivity contribution >= 4 is 17.8 Å². The molecule has 0 bridgehead atoms. The molecule has 1 heterocycles. The molecule has 0 aromatic carbocycles. The molecule has 0 aromatic heterocycles. The zero-order chi connectivity index (χ0) is 13.1. The second-order valence-electron chi connectivity index (χ2n) is 4.02. The fraction of sp³-hybridized carbons (Fsp3) is 0.417. The molecule has 1 aliphatic heterocycles. The average molecular weight is 236 g/mol. The quantitative estimate of drug-likeness (QED) is 0.567. The van der Waals surface area contributed by atoms with Crippen molar-refractivity contribution in [3.05, 3.63) is 24.8 Å². The fourth-order valence-corrected chi connectivity index (χ4v) is 2.03. The number of amides is 4. The third kappa shape index (κ3) is 2.13. The van der Waals surface area contributed by atoms with Crippen molar-refractivity contribution in [2.45, 2.75) is 20.3 Å². The van der Waals surface area contributed by atoms with Crippen LogP contribution < -0.4 is 10.6 Å². The van der Waals surface area contributed by atoms with E-state index in [1.807, 2.05) is 6.92 Å². The van der Waals surface area contributed by atoms with Crippen molar-refractivity contribution in [2.24, 2.45) is 11.3 Å². The Balaban J connectivity index is 3.21. The van der Waals surface area contributed by atoms with E-state index in [1.165, 1.54) is 6.08 Å². The Morgan fingerprint density at radius 3 is 2.24 bits per heavy atom. The van der Waals surface area contributed by atoms with Gasteiger partial charge in [0.25, 0.3) is 0 Å². The van der Waals surface area contributed by atoms with Crippen LogP contribution in [0.1, 0.15) is 20.3 Å². The molecule has 1 aliphatic rings. The molecule has 0 aliphatic carbocycles. The minimum Gasteiger partial charge on any atom is -0.277 e. The first kappa shape index (κ1) is 13.2. The van der Waals surface area contributed by atoms with E-state index in [9.17, 15) is 14.4 Å². The number of carbonyl (C=O) groups excluding carboxylic acids is 3. The first-order valence-electron chi connectivity index (χ1n) is 5.39. The summed E-state index contributed by atoms with van der Waals surface area (Å²) < 4.78 is 0. The Morgan fingerprint density at radius 1 is 1.29 bits per heavy atom. The zero-order valence-corrected chi connectivity index (χ0v) is 9.95. The van der Waals surface area contributed by atoms with Crippen molar-refractivity contribution in [2.75, 3.05) is 0 Å². The van der Waals surface area contributed by atoms with Gasteiger partial charge in [0.05, 0.1) is 0 Å². The number of hydrogen-bond donors (Lipinski definition) is 2. The van der Waals surface area contributed by atoms with Gasteiger partial charge < -0.3 is 0 Å². The van der Waals surface area contributed by atoms with Gasteiger partial charge >= 0.3 is 6.03 Å². The number of barbiturate groups is 1. The predicted molar refractivity (Wildman–Crippen MR) is 62.9 cm³/mol. The first-order chi connectivity index (χ1) is 7.98. The molecule has 1 saturated heterocycles. The van der Waals surface area contributed by atoms with Gasteiger partial charge in [-0.2, -0.15) is 0 Å². The third-order valence-corrected chi connectivity index (χ3v) is 2.99. The summed E-state index contributed by atoms with van der Waals surface area (Å²) in [6, 6.07) is -0.771. The van der Waals surface area contributed by atoms with Gasteiger partial charge in [-0.05, 0) is 19.3 Å². The number of nitrogens with one attached hydrogen (secondary N) is 2. The van der Waals surface area contributed by atoms with Gasteiger partial charge in [-0.1, -0.05) is 25.2 Å². The third-order valence-electron chi connectivity index (χ3n) is 2.99. The lowest BCUT2D eigenvalue weighted by Gasteiger charge is -2.36. The lowest BCUT2D eigenvalue weighted by molar-refractivity contribution is -0.146. The maximum absolute atomic E-state index is 12.0. The summed E-state index contributed by atoms with van der Waals surface area (Å²) in [6.45, 7) is 7.13. The molecule has 0 aromatic rings. The number of carbonyl (C=O) groups is 3. The Kier molecular flexibility index (Phi) is 3.83. The molecule has 17 heavy (non-hydrogen) atoms. The minimum absolute atomic E-state index is 0.184. The molecular formula is C12H16N2O3. The number of rotatable bonds is 4. The summed E-state index contributed by atoms with van der Waals surface area (Å²) in [4.78, 5) is 35.0. The van der Waals surface area contributed by atoms with Crippen LogP contribution in [0.15, 0.2) is 24.8 Å². The van der Waals surface area contributed by atoms with Crippen LogP contribution >= 0.6 is 0 Å². The summed E-state index contributed by atoms with van der Waals surface area (Å²) >= 11 is 0. The second-order valence-corrected chi connectivity index (χ2v) is 4.02. The van der Waals surface area contributed by atoms with Crippen LogP contribution in [-0.2, 0) is 9.59 Å². The summed E-state index contributed by atoms with van der Waals surface area (Å²) in [5.41, 5.74) is -1.29. The molecule has 1 rings (SSSR count). The maximum Gasteiger partial charge on any atom is 0.328 e. The van der Waals surface area contributed by atoms with Crippen molar-refractivity contribution in [3.8, 4) is 0 Å². The maximum atomic E-state index is 12.0. The zero-order valence-electron chi connectivity index (χ0n) is 9.95. The van der Waals surface area contributed by atoms with Crippen LogP contribution in [-0.4, -0.2) is 17.8 Å². The summed E-state index contributed by atoms with van der Waals surface area (Å²) in [5.74, 6) is -1.47. The highest BCUT2D eigenvalue weighted by atomic mass is 16.2. The molecule has 0 radical (unpaired) electrons. The number of urea groups is 1. The van der Waals surface area contributed by atoms with Crippen LogP contribution in [0, 0.1) is 11.3 Å². The van der Waals surface area contributed by atoms with Crippen molar-refractivity contribution in [1.82, 2.24) is 10.6 Å². The van der Waals surface area contributed by atoms with Gasteiger partial charge in [0.15, 0.2) is 0 Å². The van der Waals surface area contributed by atoms with E-state index >= 15 is 0 Å². The minimum atomic E-state index is -1.29. The molecular weight excluding hydrogens is 220 g/mol. The van der Waals surface area contributed by atoms with E-state index < -0.39 is 23.3 Å². The number of hydrogen-bond acceptors (Lipinski definition) is 3. The first-order valence-corrected chi connectivity index (χ1v) is 5.39. The molecule has 92 valence electrons. The molecule has 2 N–H and O–H groups in total. The van der Waals surface area contributed by atoms with Gasteiger partial charge in [0, 0.05) is 0 Å². The normalized spacial score (nSPS) is 20.9. The van der Waals surface area contributed by atoms with Crippen LogP contribution in [0.25, 0.3) is 0 Å². The van der Waals surface area contributed by atoms with Crippen LogP contribution in [0.4, 0.5) is 4.79 Å². The van der Waals surface area contributed by atoms with E-state index in [2.05, 4.69) is 17.2 Å². The Bertz CT molecular complexity index is 379. The van der Waals surface area contributed by atoms with Crippen molar-refractivity contribution in [3.63, 3.8) is 0 Å². The predicted octanol–water partition coefficient (Wildman–Crippen LogP) is 1.13. The van der Waals surface area contributed by atoms with Gasteiger partial charge in [-0.15, -0.1) is 6.58 Å². The van der Waals surface area contributed by atoms with Gasteiger partial charge in [0.1, 0.15) is 5.41 Å². The number of allylic oxidation sites excluding steroid dienone is 3. The topological polar surface area (TPSA) is 75.3 Å². The molecule has 5 nitrogen and oxygen atoms in total. The van der Waals surface area contributed by atoms with Crippen LogP contribution in [0.2, 0.25) is 0 Å². The largest absolute Gasteiger partial charge is 0.328 e. The highest BCUT2D eigenvalue weighted by Gasteiger charge is 2.52. The van der Waals surface area contributed by atoms with E-state index in [4.69, 9.17) is 0 Å². The lowest BCUT2D eigenvalue weighted by atomic mass is 9.71. The van der Waals surface area contributed by atoms with E-state index in [1.54, 1.807) is 19.1 Å². The van der Waals surface area contributed by atoms with Crippen LogP contribution in [0.5, 0.6) is 0 Å². The average Bonchev–Trinajstić information content (AvgIpc) is 2.23. The Labute approximate surface area is 100.0 Å².